The number of aromatic amines is 1. The molecule has 1 aliphatic rings. The lowest BCUT2D eigenvalue weighted by molar-refractivity contribution is 0.417. The second-order valence-corrected chi connectivity index (χ2v) is 6.58. The Hall–Kier alpha value is -3.75. The third-order valence-corrected chi connectivity index (χ3v) is 4.63. The highest BCUT2D eigenvalue weighted by Crippen LogP contribution is 2.22. The summed E-state index contributed by atoms with van der Waals surface area (Å²) in [5.74, 6) is 0.00476. The van der Waals surface area contributed by atoms with Gasteiger partial charge in [0, 0.05) is 31.2 Å². The first-order chi connectivity index (χ1) is 14.1. The van der Waals surface area contributed by atoms with Gasteiger partial charge in [0.25, 0.3) is 5.56 Å². The predicted molar refractivity (Wildman–Crippen MR) is 109 cm³/mol. The van der Waals surface area contributed by atoms with Gasteiger partial charge in [0.1, 0.15) is 5.82 Å². The molecule has 4 rings (SSSR count). The van der Waals surface area contributed by atoms with E-state index < -0.39 is 0 Å². The van der Waals surface area contributed by atoms with Crippen LogP contribution in [0.15, 0.2) is 64.5 Å². The number of aliphatic imine (C=N–C) groups is 1. The first-order valence-corrected chi connectivity index (χ1v) is 9.10. The number of benzene rings is 1. The fraction of sp³-hybridized carbons (Fsp3) is 0.200. The maximum absolute atomic E-state index is 13.1. The van der Waals surface area contributed by atoms with Gasteiger partial charge in [0.2, 0.25) is 0 Å². The molecule has 1 aliphatic heterocycles. The molecule has 0 radical (unpaired) electrons. The van der Waals surface area contributed by atoms with Crippen LogP contribution in [0.5, 0.6) is 6.01 Å². The Labute approximate surface area is 165 Å². The van der Waals surface area contributed by atoms with Gasteiger partial charge in [0.05, 0.1) is 29.4 Å². The van der Waals surface area contributed by atoms with Crippen molar-refractivity contribution in [3.63, 3.8) is 0 Å². The van der Waals surface area contributed by atoms with Crippen LogP contribution < -0.4 is 20.9 Å². The monoisotopic (exact) mass is 394 g/mol. The molecule has 0 aliphatic carbocycles. The Morgan fingerprint density at radius 2 is 2.17 bits per heavy atom. The smallest absolute Gasteiger partial charge is 0.302 e. The number of hydrogen-bond acceptors (Lipinski definition) is 7. The van der Waals surface area contributed by atoms with Crippen molar-refractivity contribution in [2.75, 3.05) is 18.0 Å². The number of nitrogens with two attached hydrogens (primary N) is 1. The van der Waals surface area contributed by atoms with Crippen LogP contribution in [-0.2, 0) is 0 Å². The number of H-pyrrole nitrogens is 1. The van der Waals surface area contributed by atoms with Gasteiger partial charge in [-0.3, -0.25) is 19.8 Å². The van der Waals surface area contributed by atoms with Gasteiger partial charge in [-0.2, -0.15) is 4.98 Å². The lowest BCUT2D eigenvalue weighted by Crippen LogP contribution is -2.20. The van der Waals surface area contributed by atoms with E-state index >= 15 is 0 Å². The molecule has 0 spiro atoms. The minimum atomic E-state index is -0.327. The summed E-state index contributed by atoms with van der Waals surface area (Å²) >= 11 is 0. The van der Waals surface area contributed by atoms with Gasteiger partial charge in [-0.25, -0.2) is 4.39 Å². The third-order valence-electron chi connectivity index (χ3n) is 4.63. The van der Waals surface area contributed by atoms with Crippen molar-refractivity contribution in [3.05, 3.63) is 70.9 Å². The van der Waals surface area contributed by atoms with Crippen molar-refractivity contribution in [2.24, 2.45) is 10.7 Å². The lowest BCUT2D eigenvalue weighted by Gasteiger charge is -2.17. The van der Waals surface area contributed by atoms with E-state index in [1.807, 2.05) is 0 Å². The summed E-state index contributed by atoms with van der Waals surface area (Å²) in [7, 11) is 0. The third kappa shape index (κ3) is 4.23. The number of pyridine rings is 1. The van der Waals surface area contributed by atoms with Crippen LogP contribution in [0.4, 0.5) is 10.1 Å². The van der Waals surface area contributed by atoms with E-state index in [-0.39, 0.29) is 29.2 Å². The molecular formula is C20H19FN6O2. The summed E-state index contributed by atoms with van der Waals surface area (Å²) < 4.78 is 18.7. The molecule has 1 saturated heterocycles. The molecular weight excluding hydrogens is 375 g/mol. The molecule has 3 N–H and O–H groups in total. The Balaban J connectivity index is 1.42. The molecule has 148 valence electrons. The van der Waals surface area contributed by atoms with Gasteiger partial charge >= 0.3 is 6.01 Å². The van der Waals surface area contributed by atoms with Crippen molar-refractivity contribution in [1.29, 1.82) is 0 Å². The van der Waals surface area contributed by atoms with Gasteiger partial charge in [-0.05, 0) is 36.8 Å². The number of anilines is 1. The molecule has 0 amide bonds. The molecule has 0 unspecified atom stereocenters. The molecule has 2 aromatic heterocycles. The second-order valence-electron chi connectivity index (χ2n) is 6.58. The van der Waals surface area contributed by atoms with Crippen molar-refractivity contribution in [3.8, 4) is 6.01 Å². The number of nitrogens with one attached hydrogen (secondary N) is 1. The van der Waals surface area contributed by atoms with Crippen LogP contribution in [-0.4, -0.2) is 40.3 Å². The average Bonchev–Trinajstić information content (AvgIpc) is 3.21. The van der Waals surface area contributed by atoms with Crippen molar-refractivity contribution in [2.45, 2.75) is 12.5 Å². The quantitative estimate of drug-likeness (QED) is 0.506. The summed E-state index contributed by atoms with van der Waals surface area (Å²) in [5, 5.41) is 0.422. The average molecular weight is 394 g/mol. The molecule has 3 aromatic rings. The maximum Gasteiger partial charge on any atom is 0.302 e. The van der Waals surface area contributed by atoms with Crippen LogP contribution >= 0.6 is 0 Å². The van der Waals surface area contributed by atoms with Crippen molar-refractivity contribution < 1.29 is 9.13 Å². The van der Waals surface area contributed by atoms with Crippen LogP contribution in [0.3, 0.4) is 0 Å². The largest absolute Gasteiger partial charge is 0.422 e. The summed E-state index contributed by atoms with van der Waals surface area (Å²) in [6, 6.07) is 8.05. The normalized spacial score (nSPS) is 17.3. The van der Waals surface area contributed by atoms with E-state index in [1.54, 1.807) is 18.2 Å². The Kier molecular flexibility index (Phi) is 5.19. The predicted octanol–water partition coefficient (Wildman–Crippen LogP) is 1.99. The topological polar surface area (TPSA) is 109 Å². The molecule has 3 heterocycles. The van der Waals surface area contributed by atoms with Gasteiger partial charge in [-0.1, -0.05) is 0 Å². The van der Waals surface area contributed by atoms with Crippen LogP contribution in [0.25, 0.3) is 10.9 Å². The molecule has 0 saturated carbocycles. The first-order valence-electron chi connectivity index (χ1n) is 9.10. The number of nitrogens with zero attached hydrogens (tertiary/aromatic N) is 4. The first kappa shape index (κ1) is 18.6. The van der Waals surface area contributed by atoms with Crippen LogP contribution in [0.2, 0.25) is 0 Å². The number of ether oxygens (including phenoxy) is 1. The summed E-state index contributed by atoms with van der Waals surface area (Å²) in [4.78, 5) is 29.5. The Morgan fingerprint density at radius 3 is 2.97 bits per heavy atom. The summed E-state index contributed by atoms with van der Waals surface area (Å²) in [6.45, 7) is 1.53. The Bertz CT molecular complexity index is 1130. The van der Waals surface area contributed by atoms with Crippen molar-refractivity contribution in [1.82, 2.24) is 15.0 Å². The zero-order valence-corrected chi connectivity index (χ0v) is 15.5. The van der Waals surface area contributed by atoms with Crippen molar-refractivity contribution >= 4 is 22.8 Å². The number of halogens is 1. The molecule has 29 heavy (non-hydrogen) atoms. The highest BCUT2D eigenvalue weighted by molar-refractivity contribution is 5.78. The number of fused-ring (bicyclic) bond motifs is 1. The van der Waals surface area contributed by atoms with Gasteiger partial charge in [-0.15, -0.1) is 0 Å². The highest BCUT2D eigenvalue weighted by atomic mass is 19.1. The highest BCUT2D eigenvalue weighted by Gasteiger charge is 2.21. The lowest BCUT2D eigenvalue weighted by atomic mass is 10.3. The minimum absolute atomic E-state index is 0.0120. The number of aromatic nitrogens is 3. The molecule has 0 bridgehead atoms. The summed E-state index contributed by atoms with van der Waals surface area (Å²) in [5.41, 5.74) is 6.69. The number of hydrogen-bond donors (Lipinski definition) is 2. The zero-order chi connectivity index (χ0) is 20.2. The summed E-state index contributed by atoms with van der Waals surface area (Å²) in [6.07, 6.45) is 6.63. The van der Waals surface area contributed by atoms with Gasteiger partial charge in [0.15, 0.2) is 5.76 Å². The Morgan fingerprint density at radius 1 is 1.34 bits per heavy atom. The van der Waals surface area contributed by atoms with E-state index in [0.29, 0.717) is 17.4 Å². The fourth-order valence-electron chi connectivity index (χ4n) is 3.16. The van der Waals surface area contributed by atoms with E-state index in [2.05, 4.69) is 24.8 Å². The second kappa shape index (κ2) is 8.09. The van der Waals surface area contributed by atoms with Gasteiger partial charge < -0.3 is 15.4 Å². The fourth-order valence-corrected chi connectivity index (χ4v) is 3.16. The van der Waals surface area contributed by atoms with E-state index in [4.69, 9.17) is 10.5 Å². The zero-order valence-electron chi connectivity index (χ0n) is 15.5. The number of rotatable bonds is 5. The minimum Gasteiger partial charge on any atom is -0.422 e. The van der Waals surface area contributed by atoms with E-state index in [9.17, 15) is 9.18 Å². The van der Waals surface area contributed by atoms with Crippen LogP contribution in [0, 0.1) is 5.82 Å². The molecule has 9 heteroatoms. The molecule has 1 aromatic carbocycles. The molecule has 1 fully saturated rings. The molecule has 8 nitrogen and oxygen atoms in total. The molecule has 1 atom stereocenters. The van der Waals surface area contributed by atoms with E-state index in [1.165, 1.54) is 36.9 Å². The van der Waals surface area contributed by atoms with E-state index in [0.717, 1.165) is 18.7 Å². The standard InChI is InChI=1S/C20H19FN6O2/c21-13-1-3-15(4-2-13)27-8-6-14(12-27)24-10-16(9-22)29-20-25-18-11-23-7-5-17(18)19(28)26-20/h1-5,7,9-11,14H,6,8,12,22H2,(H,25,26,28)/t14-/m0/s1. The van der Waals surface area contributed by atoms with Crippen LogP contribution in [0.1, 0.15) is 6.42 Å². The number of allylic oxidation sites excluding steroid dienone is 1. The SMILES string of the molecule is NC=C(C=N[C@H]1CCN(c2ccc(F)cc2)C1)Oc1nc2cnccc2c(=O)[nH]1. The maximum atomic E-state index is 13.1.